The van der Waals surface area contributed by atoms with Crippen molar-refractivity contribution in [2.24, 2.45) is 0 Å². The number of hydrogen-bond acceptors (Lipinski definition) is 3. The van der Waals surface area contributed by atoms with Crippen LogP contribution < -0.4 is 10.1 Å². The van der Waals surface area contributed by atoms with Crippen LogP contribution >= 0.6 is 0 Å². The van der Waals surface area contributed by atoms with Crippen LogP contribution in [0.1, 0.15) is 35.1 Å². The van der Waals surface area contributed by atoms with Gasteiger partial charge in [-0.05, 0) is 42.3 Å². The molecule has 2 atom stereocenters. The highest BCUT2D eigenvalue weighted by Gasteiger charge is 2.26. The molecule has 0 fully saturated rings. The predicted molar refractivity (Wildman–Crippen MR) is 88.5 cm³/mol. The van der Waals surface area contributed by atoms with Crippen molar-refractivity contribution in [2.45, 2.75) is 18.4 Å². The maximum Gasteiger partial charge on any atom is 0.119 e. The van der Waals surface area contributed by atoms with Crippen LogP contribution in [0.5, 0.6) is 5.75 Å². The Bertz CT molecular complexity index is 612. The number of likely N-dealkylation sites (N-methyl/N-ethyl adjacent to an activating group) is 1. The average molecular weight is 297 g/mol. The standard InChI is InChI=1S/C19H23NO2/c1-20-13-19-17-9-8-15(21-2)12-18(17)16(10-11-22-19)14-6-4-3-5-7-14/h3-9,12,16,19-20H,10-11,13H2,1-2H3. The first-order valence-corrected chi connectivity index (χ1v) is 7.82. The first-order valence-electron chi connectivity index (χ1n) is 7.82. The van der Waals surface area contributed by atoms with E-state index in [1.807, 2.05) is 13.1 Å². The molecule has 0 spiro atoms. The minimum Gasteiger partial charge on any atom is -0.497 e. The lowest BCUT2D eigenvalue weighted by molar-refractivity contribution is 0.0568. The molecule has 0 saturated heterocycles. The van der Waals surface area contributed by atoms with Gasteiger partial charge in [-0.3, -0.25) is 0 Å². The molecule has 2 aromatic carbocycles. The third-order valence-electron chi connectivity index (χ3n) is 4.33. The largest absolute Gasteiger partial charge is 0.497 e. The van der Waals surface area contributed by atoms with Crippen molar-refractivity contribution < 1.29 is 9.47 Å². The molecule has 1 aliphatic heterocycles. The second-order valence-electron chi connectivity index (χ2n) is 5.66. The second kappa shape index (κ2) is 6.95. The van der Waals surface area contributed by atoms with Crippen molar-refractivity contribution in [1.29, 1.82) is 0 Å². The summed E-state index contributed by atoms with van der Waals surface area (Å²) >= 11 is 0. The van der Waals surface area contributed by atoms with Crippen LogP contribution in [-0.4, -0.2) is 27.3 Å². The van der Waals surface area contributed by atoms with Crippen LogP contribution in [0.3, 0.4) is 0 Å². The lowest BCUT2D eigenvalue weighted by atomic mass is 9.85. The van der Waals surface area contributed by atoms with E-state index < -0.39 is 0 Å². The summed E-state index contributed by atoms with van der Waals surface area (Å²) in [5.41, 5.74) is 3.93. The van der Waals surface area contributed by atoms with Gasteiger partial charge in [0.05, 0.1) is 13.2 Å². The first kappa shape index (κ1) is 15.1. The number of nitrogens with one attached hydrogen (secondary N) is 1. The molecule has 1 N–H and O–H groups in total. The number of hydrogen-bond donors (Lipinski definition) is 1. The summed E-state index contributed by atoms with van der Waals surface area (Å²) < 4.78 is 11.5. The van der Waals surface area contributed by atoms with Gasteiger partial charge in [-0.15, -0.1) is 0 Å². The van der Waals surface area contributed by atoms with Crippen molar-refractivity contribution >= 4 is 0 Å². The molecule has 2 unspecified atom stereocenters. The van der Waals surface area contributed by atoms with E-state index in [1.54, 1.807) is 7.11 Å². The van der Waals surface area contributed by atoms with Gasteiger partial charge in [0.25, 0.3) is 0 Å². The van der Waals surface area contributed by atoms with Gasteiger partial charge < -0.3 is 14.8 Å². The summed E-state index contributed by atoms with van der Waals surface area (Å²) in [4.78, 5) is 0. The normalized spacial score (nSPS) is 21.0. The van der Waals surface area contributed by atoms with Gasteiger partial charge in [-0.25, -0.2) is 0 Å². The van der Waals surface area contributed by atoms with Gasteiger partial charge in [0.15, 0.2) is 0 Å². The van der Waals surface area contributed by atoms with Crippen LogP contribution in [0.4, 0.5) is 0 Å². The van der Waals surface area contributed by atoms with Crippen molar-refractivity contribution in [3.8, 4) is 5.75 Å². The van der Waals surface area contributed by atoms with E-state index in [9.17, 15) is 0 Å². The average Bonchev–Trinajstić information content (AvgIpc) is 2.75. The first-order chi connectivity index (χ1) is 10.8. The molecular weight excluding hydrogens is 274 g/mol. The SMILES string of the molecule is CNCC1OCCC(c2ccccc2)c2cc(OC)ccc21. The number of rotatable bonds is 4. The Morgan fingerprint density at radius 2 is 1.95 bits per heavy atom. The monoisotopic (exact) mass is 297 g/mol. The Morgan fingerprint density at radius 1 is 1.14 bits per heavy atom. The summed E-state index contributed by atoms with van der Waals surface area (Å²) in [5, 5.41) is 3.23. The Balaban J connectivity index is 2.07. The zero-order chi connectivity index (χ0) is 15.4. The lowest BCUT2D eigenvalue weighted by Crippen LogP contribution is -2.19. The fourth-order valence-electron chi connectivity index (χ4n) is 3.23. The second-order valence-corrected chi connectivity index (χ2v) is 5.66. The Kier molecular flexibility index (Phi) is 4.76. The van der Waals surface area contributed by atoms with Crippen molar-refractivity contribution in [1.82, 2.24) is 5.32 Å². The van der Waals surface area contributed by atoms with Crippen LogP contribution in [0.15, 0.2) is 48.5 Å². The Labute approximate surface area is 132 Å². The van der Waals surface area contributed by atoms with E-state index in [0.29, 0.717) is 5.92 Å². The van der Waals surface area contributed by atoms with E-state index in [4.69, 9.17) is 9.47 Å². The fraction of sp³-hybridized carbons (Fsp3) is 0.368. The highest BCUT2D eigenvalue weighted by Crippen LogP contribution is 2.39. The van der Waals surface area contributed by atoms with Crippen molar-refractivity contribution in [3.63, 3.8) is 0 Å². The highest BCUT2D eigenvalue weighted by atomic mass is 16.5. The van der Waals surface area contributed by atoms with Crippen molar-refractivity contribution in [2.75, 3.05) is 27.3 Å². The van der Waals surface area contributed by atoms with E-state index in [-0.39, 0.29) is 6.10 Å². The maximum absolute atomic E-state index is 6.09. The quantitative estimate of drug-likeness (QED) is 0.937. The van der Waals surface area contributed by atoms with E-state index in [2.05, 4.69) is 47.8 Å². The predicted octanol–water partition coefficient (Wildman–Crippen LogP) is 3.51. The fourth-order valence-corrected chi connectivity index (χ4v) is 3.23. The third-order valence-corrected chi connectivity index (χ3v) is 4.33. The summed E-state index contributed by atoms with van der Waals surface area (Å²) in [6.07, 6.45) is 1.09. The van der Waals surface area contributed by atoms with Crippen molar-refractivity contribution in [3.05, 3.63) is 65.2 Å². The van der Waals surface area contributed by atoms with Crippen LogP contribution in [0.25, 0.3) is 0 Å². The Hall–Kier alpha value is -1.84. The molecule has 0 amide bonds. The van der Waals surface area contributed by atoms with E-state index in [0.717, 1.165) is 25.3 Å². The number of ether oxygens (including phenoxy) is 2. The van der Waals surface area contributed by atoms with Gasteiger partial charge in [0.2, 0.25) is 0 Å². The molecule has 0 bridgehead atoms. The summed E-state index contributed by atoms with van der Waals surface area (Å²) in [6.45, 7) is 1.59. The zero-order valence-electron chi connectivity index (χ0n) is 13.2. The number of fused-ring (bicyclic) bond motifs is 1. The Morgan fingerprint density at radius 3 is 2.68 bits per heavy atom. The molecule has 3 nitrogen and oxygen atoms in total. The van der Waals surface area contributed by atoms with E-state index >= 15 is 0 Å². The summed E-state index contributed by atoms with van der Waals surface area (Å²) in [6, 6.07) is 17.0. The van der Waals surface area contributed by atoms with Crippen LogP contribution in [0, 0.1) is 0 Å². The minimum atomic E-state index is 0.0969. The van der Waals surface area contributed by atoms with Gasteiger partial charge in [0.1, 0.15) is 5.75 Å². The third kappa shape index (κ3) is 3.01. The lowest BCUT2D eigenvalue weighted by Gasteiger charge is -2.21. The maximum atomic E-state index is 6.09. The molecule has 3 heteroatoms. The molecule has 1 aliphatic rings. The van der Waals surface area contributed by atoms with Gasteiger partial charge in [0, 0.05) is 19.1 Å². The molecule has 3 rings (SSSR count). The van der Waals surface area contributed by atoms with Gasteiger partial charge in [-0.1, -0.05) is 36.4 Å². The van der Waals surface area contributed by atoms with Gasteiger partial charge in [-0.2, -0.15) is 0 Å². The van der Waals surface area contributed by atoms with E-state index in [1.165, 1.54) is 16.7 Å². The number of benzene rings is 2. The minimum absolute atomic E-state index is 0.0969. The smallest absolute Gasteiger partial charge is 0.119 e. The molecule has 0 saturated carbocycles. The van der Waals surface area contributed by atoms with Gasteiger partial charge >= 0.3 is 0 Å². The molecule has 0 radical (unpaired) electrons. The molecule has 2 aromatic rings. The molecular formula is C19H23NO2. The van der Waals surface area contributed by atoms with Crippen LogP contribution in [-0.2, 0) is 4.74 Å². The molecule has 0 aromatic heterocycles. The highest BCUT2D eigenvalue weighted by molar-refractivity contribution is 5.44. The van der Waals surface area contributed by atoms with Crippen LogP contribution in [0.2, 0.25) is 0 Å². The molecule has 116 valence electrons. The topological polar surface area (TPSA) is 30.5 Å². The molecule has 1 heterocycles. The molecule has 0 aliphatic carbocycles. The summed E-state index contributed by atoms with van der Waals surface area (Å²) in [5.74, 6) is 1.26. The molecule has 22 heavy (non-hydrogen) atoms. The number of methoxy groups -OCH3 is 1. The zero-order valence-corrected chi connectivity index (χ0v) is 13.2. The summed E-state index contributed by atoms with van der Waals surface area (Å²) in [7, 11) is 3.68.